The van der Waals surface area contributed by atoms with Crippen molar-refractivity contribution in [2.24, 2.45) is 5.10 Å². The van der Waals surface area contributed by atoms with Crippen LogP contribution in [0, 0.1) is 20.2 Å². The summed E-state index contributed by atoms with van der Waals surface area (Å²) in [6, 6.07) is 18.4. The Bertz CT molecular complexity index is 1240. The average Bonchev–Trinajstić information content (AvgIpc) is 3.24. The van der Waals surface area contributed by atoms with E-state index in [0.717, 1.165) is 28.6 Å². The molecule has 0 aromatic heterocycles. The predicted octanol–water partition coefficient (Wildman–Crippen LogP) is 5.58. The van der Waals surface area contributed by atoms with Crippen molar-refractivity contribution in [2.45, 2.75) is 12.5 Å². The van der Waals surface area contributed by atoms with Crippen LogP contribution in [0.15, 0.2) is 71.8 Å². The van der Waals surface area contributed by atoms with Crippen LogP contribution in [0.4, 0.5) is 22.7 Å². The van der Waals surface area contributed by atoms with Gasteiger partial charge in [-0.15, -0.1) is 0 Å². The van der Waals surface area contributed by atoms with E-state index in [2.05, 4.69) is 0 Å². The first-order chi connectivity index (χ1) is 15.7. The highest BCUT2D eigenvalue weighted by molar-refractivity contribution is 6.30. The van der Waals surface area contributed by atoms with Crippen molar-refractivity contribution in [2.75, 3.05) is 24.0 Å². The molecule has 1 aliphatic rings. The Morgan fingerprint density at radius 2 is 1.64 bits per heavy atom. The van der Waals surface area contributed by atoms with E-state index in [0.29, 0.717) is 11.4 Å². The minimum absolute atomic E-state index is 0.191. The monoisotopic (exact) mass is 465 g/mol. The van der Waals surface area contributed by atoms with E-state index in [-0.39, 0.29) is 23.1 Å². The fourth-order valence-corrected chi connectivity index (χ4v) is 3.89. The van der Waals surface area contributed by atoms with E-state index in [1.54, 1.807) is 17.1 Å². The van der Waals surface area contributed by atoms with Crippen LogP contribution in [-0.4, -0.2) is 29.7 Å². The van der Waals surface area contributed by atoms with Crippen molar-refractivity contribution in [3.05, 3.63) is 103 Å². The minimum Gasteiger partial charge on any atom is -0.378 e. The summed E-state index contributed by atoms with van der Waals surface area (Å²) in [5.74, 6) is 0. The highest BCUT2D eigenvalue weighted by Crippen LogP contribution is 2.42. The minimum atomic E-state index is -0.652. The van der Waals surface area contributed by atoms with Gasteiger partial charge in [-0.05, 0) is 41.5 Å². The van der Waals surface area contributed by atoms with E-state index >= 15 is 0 Å². The molecule has 4 rings (SSSR count). The summed E-state index contributed by atoms with van der Waals surface area (Å²) in [7, 11) is 3.89. The van der Waals surface area contributed by atoms with Crippen molar-refractivity contribution in [3.63, 3.8) is 0 Å². The maximum Gasteiger partial charge on any atom is 0.301 e. The molecule has 1 heterocycles. The first-order valence-electron chi connectivity index (χ1n) is 10.1. The normalized spacial score (nSPS) is 15.3. The number of nitro groups is 2. The first kappa shape index (κ1) is 22.2. The Morgan fingerprint density at radius 1 is 0.970 bits per heavy atom. The molecule has 0 radical (unpaired) electrons. The third kappa shape index (κ3) is 4.49. The van der Waals surface area contributed by atoms with E-state index in [1.165, 1.54) is 12.1 Å². The second kappa shape index (κ2) is 8.87. The quantitative estimate of drug-likeness (QED) is 0.347. The number of hydrogen-bond donors (Lipinski definition) is 0. The van der Waals surface area contributed by atoms with Gasteiger partial charge in [0.1, 0.15) is 5.69 Å². The zero-order valence-corrected chi connectivity index (χ0v) is 18.6. The summed E-state index contributed by atoms with van der Waals surface area (Å²) < 4.78 is 0. The third-order valence-corrected chi connectivity index (χ3v) is 5.75. The number of benzene rings is 3. The van der Waals surface area contributed by atoms with Crippen LogP contribution in [-0.2, 0) is 0 Å². The van der Waals surface area contributed by atoms with Crippen molar-refractivity contribution in [1.29, 1.82) is 0 Å². The standard InChI is InChI=1S/C23H20ClN5O4/c1-26(2)18-9-5-16(6-10-18)22-14-20(15-3-7-17(24)8-4-15)25-27(22)21-12-11-19(28(30)31)13-23(21)29(32)33/h3-13,22H,14H2,1-2H3. The Morgan fingerprint density at radius 3 is 2.21 bits per heavy atom. The molecule has 1 atom stereocenters. The van der Waals surface area contributed by atoms with Crippen LogP contribution in [0.1, 0.15) is 23.6 Å². The molecule has 10 heteroatoms. The molecule has 0 amide bonds. The highest BCUT2D eigenvalue weighted by Gasteiger charge is 2.34. The average molecular weight is 466 g/mol. The number of hydrazone groups is 1. The van der Waals surface area contributed by atoms with Crippen LogP contribution in [0.3, 0.4) is 0 Å². The van der Waals surface area contributed by atoms with E-state index in [9.17, 15) is 20.2 Å². The second-order valence-corrected chi connectivity index (χ2v) is 8.23. The van der Waals surface area contributed by atoms with Gasteiger partial charge in [0, 0.05) is 37.3 Å². The zero-order valence-electron chi connectivity index (χ0n) is 17.9. The summed E-state index contributed by atoms with van der Waals surface area (Å²) in [5.41, 5.74) is 2.99. The molecule has 1 aliphatic heterocycles. The summed E-state index contributed by atoms with van der Waals surface area (Å²) in [6.45, 7) is 0. The van der Waals surface area contributed by atoms with Crippen LogP contribution < -0.4 is 9.91 Å². The Hall–Kier alpha value is -3.98. The first-order valence-corrected chi connectivity index (χ1v) is 10.4. The number of non-ortho nitro benzene ring substituents is 1. The van der Waals surface area contributed by atoms with Gasteiger partial charge in [-0.1, -0.05) is 35.9 Å². The van der Waals surface area contributed by atoms with Gasteiger partial charge in [0.15, 0.2) is 0 Å². The summed E-state index contributed by atoms with van der Waals surface area (Å²) in [5, 5.41) is 29.9. The summed E-state index contributed by atoms with van der Waals surface area (Å²) >= 11 is 6.02. The largest absolute Gasteiger partial charge is 0.378 e. The number of nitrogens with zero attached hydrogens (tertiary/aromatic N) is 5. The van der Waals surface area contributed by atoms with Crippen LogP contribution in [0.25, 0.3) is 0 Å². The van der Waals surface area contributed by atoms with Gasteiger partial charge in [-0.3, -0.25) is 25.2 Å². The molecular formula is C23H20ClN5O4. The summed E-state index contributed by atoms with van der Waals surface area (Å²) in [4.78, 5) is 23.7. The molecule has 3 aromatic carbocycles. The highest BCUT2D eigenvalue weighted by atomic mass is 35.5. The molecule has 33 heavy (non-hydrogen) atoms. The van der Waals surface area contributed by atoms with Gasteiger partial charge in [-0.2, -0.15) is 5.10 Å². The lowest BCUT2D eigenvalue weighted by Gasteiger charge is -2.24. The Kier molecular flexibility index (Phi) is 5.97. The summed E-state index contributed by atoms with van der Waals surface area (Å²) in [6.07, 6.45) is 0.497. The number of hydrogen-bond acceptors (Lipinski definition) is 7. The molecule has 0 spiro atoms. The fraction of sp³-hybridized carbons (Fsp3) is 0.174. The van der Waals surface area contributed by atoms with Gasteiger partial charge in [0.05, 0.1) is 27.7 Å². The lowest BCUT2D eigenvalue weighted by atomic mass is 9.97. The smallest absolute Gasteiger partial charge is 0.301 e. The molecule has 1 unspecified atom stereocenters. The van der Waals surface area contributed by atoms with Gasteiger partial charge >= 0.3 is 5.69 Å². The number of nitro benzene ring substituents is 2. The van der Waals surface area contributed by atoms with Gasteiger partial charge in [0.25, 0.3) is 5.69 Å². The third-order valence-electron chi connectivity index (χ3n) is 5.50. The van der Waals surface area contributed by atoms with Crippen LogP contribution in [0.5, 0.6) is 0 Å². The van der Waals surface area contributed by atoms with Gasteiger partial charge in [-0.25, -0.2) is 0 Å². The maximum atomic E-state index is 11.8. The molecule has 9 nitrogen and oxygen atoms in total. The molecule has 168 valence electrons. The molecular weight excluding hydrogens is 446 g/mol. The number of anilines is 2. The molecule has 0 fully saturated rings. The van der Waals surface area contributed by atoms with Crippen molar-refractivity contribution >= 4 is 40.1 Å². The van der Waals surface area contributed by atoms with Crippen molar-refractivity contribution in [3.8, 4) is 0 Å². The Labute approximate surface area is 194 Å². The molecule has 0 saturated heterocycles. The number of halogens is 1. The van der Waals surface area contributed by atoms with E-state index in [4.69, 9.17) is 16.7 Å². The van der Waals surface area contributed by atoms with Crippen LogP contribution >= 0.6 is 11.6 Å². The van der Waals surface area contributed by atoms with Crippen molar-refractivity contribution < 1.29 is 9.85 Å². The van der Waals surface area contributed by atoms with Crippen LogP contribution in [0.2, 0.25) is 5.02 Å². The topological polar surface area (TPSA) is 105 Å². The molecule has 0 N–H and O–H groups in total. The van der Waals surface area contributed by atoms with E-state index in [1.807, 2.05) is 55.4 Å². The lowest BCUT2D eigenvalue weighted by Crippen LogP contribution is -2.20. The fourth-order valence-electron chi connectivity index (χ4n) is 3.77. The molecule has 0 aliphatic carbocycles. The maximum absolute atomic E-state index is 11.8. The Balaban J connectivity index is 1.82. The predicted molar refractivity (Wildman–Crippen MR) is 128 cm³/mol. The zero-order chi connectivity index (χ0) is 23.7. The molecule has 3 aromatic rings. The lowest BCUT2D eigenvalue weighted by molar-refractivity contribution is -0.393. The van der Waals surface area contributed by atoms with Gasteiger partial charge < -0.3 is 4.90 Å². The van der Waals surface area contributed by atoms with Gasteiger partial charge in [0.2, 0.25) is 0 Å². The molecule has 0 saturated carbocycles. The molecule has 0 bridgehead atoms. The van der Waals surface area contributed by atoms with Crippen molar-refractivity contribution in [1.82, 2.24) is 0 Å². The van der Waals surface area contributed by atoms with E-state index < -0.39 is 9.85 Å². The second-order valence-electron chi connectivity index (χ2n) is 7.79. The SMILES string of the molecule is CN(C)c1ccc(C2CC(c3ccc(Cl)cc3)=NN2c2ccc([N+](=O)[O-])cc2[N+](=O)[O-])cc1. The number of rotatable bonds is 6.